The van der Waals surface area contributed by atoms with Crippen LogP contribution < -0.4 is 14.8 Å². The Balaban J connectivity index is 1.41. The Labute approximate surface area is 172 Å². The smallest absolute Gasteiger partial charge is 0.233 e. The van der Waals surface area contributed by atoms with Crippen molar-refractivity contribution in [3.05, 3.63) is 53.1 Å². The summed E-state index contributed by atoms with van der Waals surface area (Å²) in [6.07, 6.45) is 0. The molecule has 9 heteroatoms. The van der Waals surface area contributed by atoms with Crippen LogP contribution in [0.15, 0.2) is 41.6 Å². The van der Waals surface area contributed by atoms with Crippen LogP contribution in [0.25, 0.3) is 5.69 Å². The SMILES string of the molecule is Cc1cccc(-n2nnnc2SC(C)C(=O)NCc2ccc3c(c2)OCO3)c1C. The normalized spacial score (nSPS) is 13.3. The van der Waals surface area contributed by atoms with Crippen LogP contribution in [0.4, 0.5) is 0 Å². The lowest BCUT2D eigenvalue weighted by Gasteiger charge is -2.13. The van der Waals surface area contributed by atoms with E-state index < -0.39 is 0 Å². The molecule has 2 aromatic carbocycles. The number of carbonyl (C=O) groups is 1. The van der Waals surface area contributed by atoms with Gasteiger partial charge in [-0.05, 0) is 66.1 Å². The van der Waals surface area contributed by atoms with Crippen LogP contribution in [0, 0.1) is 13.8 Å². The number of hydrogen-bond acceptors (Lipinski definition) is 7. The highest BCUT2D eigenvalue weighted by atomic mass is 32.2. The number of tetrazole rings is 1. The highest BCUT2D eigenvalue weighted by molar-refractivity contribution is 8.00. The van der Waals surface area contributed by atoms with Gasteiger partial charge >= 0.3 is 0 Å². The fraction of sp³-hybridized carbons (Fsp3) is 0.300. The summed E-state index contributed by atoms with van der Waals surface area (Å²) < 4.78 is 12.4. The van der Waals surface area contributed by atoms with E-state index in [9.17, 15) is 4.79 Å². The van der Waals surface area contributed by atoms with Crippen molar-refractivity contribution >= 4 is 17.7 Å². The summed E-state index contributed by atoms with van der Waals surface area (Å²) in [6.45, 7) is 6.54. The van der Waals surface area contributed by atoms with Gasteiger partial charge in [0.1, 0.15) is 0 Å². The summed E-state index contributed by atoms with van der Waals surface area (Å²) in [5, 5.41) is 15.2. The fourth-order valence-electron chi connectivity index (χ4n) is 2.96. The minimum atomic E-state index is -0.362. The monoisotopic (exact) mass is 411 g/mol. The first kappa shape index (κ1) is 19.3. The van der Waals surface area contributed by atoms with Gasteiger partial charge in [-0.2, -0.15) is 4.68 Å². The van der Waals surface area contributed by atoms with Gasteiger partial charge in [0.2, 0.25) is 17.9 Å². The number of ether oxygens (including phenoxy) is 2. The van der Waals surface area contributed by atoms with E-state index in [1.807, 2.05) is 57.2 Å². The molecule has 1 N–H and O–H groups in total. The third-order valence-corrected chi connectivity index (χ3v) is 5.83. The van der Waals surface area contributed by atoms with Gasteiger partial charge in [0, 0.05) is 6.54 Å². The maximum atomic E-state index is 12.6. The standard InChI is InChI=1S/C20H21N5O3S/c1-12-5-4-6-16(13(12)2)25-20(22-23-24-25)29-14(3)19(26)21-10-15-7-8-17-18(9-15)28-11-27-17/h4-9,14H,10-11H2,1-3H3,(H,21,26). The number of hydrogen-bond donors (Lipinski definition) is 1. The minimum absolute atomic E-state index is 0.0943. The van der Waals surface area contributed by atoms with Gasteiger partial charge in [-0.1, -0.05) is 30.0 Å². The van der Waals surface area contributed by atoms with Gasteiger partial charge in [0.15, 0.2) is 11.5 Å². The van der Waals surface area contributed by atoms with Crippen molar-refractivity contribution in [1.82, 2.24) is 25.5 Å². The minimum Gasteiger partial charge on any atom is -0.454 e. The van der Waals surface area contributed by atoms with Gasteiger partial charge < -0.3 is 14.8 Å². The van der Waals surface area contributed by atoms with Crippen LogP contribution in [0.5, 0.6) is 11.5 Å². The number of thioether (sulfide) groups is 1. The number of rotatable bonds is 6. The van der Waals surface area contributed by atoms with Crippen LogP contribution in [-0.2, 0) is 11.3 Å². The van der Waals surface area contributed by atoms with E-state index >= 15 is 0 Å². The molecule has 29 heavy (non-hydrogen) atoms. The van der Waals surface area contributed by atoms with E-state index in [0.29, 0.717) is 17.5 Å². The van der Waals surface area contributed by atoms with Crippen molar-refractivity contribution in [2.45, 2.75) is 37.7 Å². The van der Waals surface area contributed by atoms with Gasteiger partial charge in [-0.15, -0.1) is 5.10 Å². The third-order valence-electron chi connectivity index (χ3n) is 4.80. The Morgan fingerprint density at radius 3 is 2.93 bits per heavy atom. The maximum absolute atomic E-state index is 12.6. The van der Waals surface area contributed by atoms with Crippen LogP contribution in [0.2, 0.25) is 0 Å². The molecule has 0 radical (unpaired) electrons. The molecule has 1 atom stereocenters. The first-order valence-corrected chi connectivity index (χ1v) is 10.1. The molecule has 150 valence electrons. The van der Waals surface area contributed by atoms with Crippen LogP contribution >= 0.6 is 11.8 Å². The fourth-order valence-corrected chi connectivity index (χ4v) is 3.79. The molecular weight excluding hydrogens is 390 g/mol. The lowest BCUT2D eigenvalue weighted by Crippen LogP contribution is -2.30. The van der Waals surface area contributed by atoms with Crippen molar-refractivity contribution < 1.29 is 14.3 Å². The Morgan fingerprint density at radius 1 is 1.24 bits per heavy atom. The van der Waals surface area contributed by atoms with Crippen molar-refractivity contribution in [2.24, 2.45) is 0 Å². The molecule has 0 aliphatic carbocycles. The first-order chi connectivity index (χ1) is 14.0. The second-order valence-corrected chi connectivity index (χ2v) is 8.07. The average molecular weight is 411 g/mol. The molecule has 1 aliphatic rings. The summed E-state index contributed by atoms with van der Waals surface area (Å²) in [5.74, 6) is 1.33. The zero-order valence-electron chi connectivity index (χ0n) is 16.4. The van der Waals surface area contributed by atoms with E-state index in [2.05, 4.69) is 20.8 Å². The van der Waals surface area contributed by atoms with Crippen molar-refractivity contribution in [2.75, 3.05) is 6.79 Å². The number of carbonyl (C=O) groups excluding carboxylic acids is 1. The number of aryl methyl sites for hydroxylation is 1. The second kappa shape index (κ2) is 8.12. The molecule has 0 bridgehead atoms. The Hall–Kier alpha value is -3.07. The van der Waals surface area contributed by atoms with Gasteiger partial charge in [0.25, 0.3) is 0 Å². The molecule has 1 amide bonds. The maximum Gasteiger partial charge on any atom is 0.233 e. The predicted molar refractivity (Wildman–Crippen MR) is 108 cm³/mol. The van der Waals surface area contributed by atoms with Crippen LogP contribution in [0.1, 0.15) is 23.6 Å². The Bertz CT molecular complexity index is 1050. The molecule has 0 saturated heterocycles. The summed E-state index contributed by atoms with van der Waals surface area (Å²) in [6, 6.07) is 11.6. The molecule has 0 fully saturated rings. The molecule has 8 nitrogen and oxygen atoms in total. The Kier molecular flexibility index (Phi) is 5.39. The number of aromatic nitrogens is 4. The Morgan fingerprint density at radius 2 is 2.07 bits per heavy atom. The quantitative estimate of drug-likeness (QED) is 0.624. The predicted octanol–water partition coefficient (Wildman–Crippen LogP) is 2.80. The molecule has 1 unspecified atom stereocenters. The van der Waals surface area contributed by atoms with Gasteiger partial charge in [-0.25, -0.2) is 0 Å². The zero-order valence-corrected chi connectivity index (χ0v) is 17.2. The highest BCUT2D eigenvalue weighted by Crippen LogP contribution is 2.32. The van der Waals surface area contributed by atoms with E-state index in [1.54, 1.807) is 4.68 Å². The number of amides is 1. The zero-order chi connectivity index (χ0) is 20.4. The van der Waals surface area contributed by atoms with Crippen LogP contribution in [-0.4, -0.2) is 38.2 Å². The number of nitrogens with zero attached hydrogens (tertiary/aromatic N) is 4. The molecule has 1 aromatic heterocycles. The summed E-state index contributed by atoms with van der Waals surface area (Å²) >= 11 is 1.32. The average Bonchev–Trinajstić information content (AvgIpc) is 3.37. The molecule has 2 heterocycles. The molecule has 0 spiro atoms. The van der Waals surface area contributed by atoms with Crippen molar-refractivity contribution in [3.63, 3.8) is 0 Å². The summed E-state index contributed by atoms with van der Waals surface area (Å²) in [7, 11) is 0. The summed E-state index contributed by atoms with van der Waals surface area (Å²) in [4.78, 5) is 12.6. The number of benzene rings is 2. The van der Waals surface area contributed by atoms with Crippen LogP contribution in [0.3, 0.4) is 0 Å². The lowest BCUT2D eigenvalue weighted by atomic mass is 10.1. The topological polar surface area (TPSA) is 91.2 Å². The number of fused-ring (bicyclic) bond motifs is 1. The molecule has 4 rings (SSSR count). The summed E-state index contributed by atoms with van der Waals surface area (Å²) in [5.41, 5.74) is 4.11. The molecule has 0 saturated carbocycles. The van der Waals surface area contributed by atoms with Crippen molar-refractivity contribution in [1.29, 1.82) is 0 Å². The van der Waals surface area contributed by atoms with E-state index in [1.165, 1.54) is 11.8 Å². The van der Waals surface area contributed by atoms with E-state index in [0.717, 1.165) is 28.1 Å². The second-order valence-electron chi connectivity index (χ2n) is 6.76. The molecule has 1 aliphatic heterocycles. The third kappa shape index (κ3) is 4.04. The number of nitrogens with one attached hydrogen (secondary N) is 1. The lowest BCUT2D eigenvalue weighted by molar-refractivity contribution is -0.120. The molecular formula is C20H21N5O3S. The van der Waals surface area contributed by atoms with E-state index in [-0.39, 0.29) is 18.0 Å². The highest BCUT2D eigenvalue weighted by Gasteiger charge is 2.20. The first-order valence-electron chi connectivity index (χ1n) is 9.21. The van der Waals surface area contributed by atoms with Gasteiger partial charge in [-0.3, -0.25) is 4.79 Å². The molecule has 3 aromatic rings. The van der Waals surface area contributed by atoms with Crippen molar-refractivity contribution in [3.8, 4) is 17.2 Å². The van der Waals surface area contributed by atoms with Gasteiger partial charge in [0.05, 0.1) is 10.9 Å². The van der Waals surface area contributed by atoms with E-state index in [4.69, 9.17) is 9.47 Å². The largest absolute Gasteiger partial charge is 0.454 e.